The van der Waals surface area contributed by atoms with E-state index in [2.05, 4.69) is 20.6 Å². The molecule has 1 aliphatic rings. The lowest BCUT2D eigenvalue weighted by atomic mass is 10.2. The molecule has 2 N–H and O–H groups in total. The Morgan fingerprint density at radius 2 is 1.94 bits per heavy atom. The first-order valence-corrected chi connectivity index (χ1v) is 5.68. The SMILES string of the molecule is CNc1ncnc(NC2CCCC2)c1OC. The van der Waals surface area contributed by atoms with E-state index < -0.39 is 0 Å². The van der Waals surface area contributed by atoms with Gasteiger partial charge in [0.15, 0.2) is 11.6 Å². The summed E-state index contributed by atoms with van der Waals surface area (Å²) in [7, 11) is 3.46. The normalized spacial score (nSPS) is 16.1. The first kappa shape index (κ1) is 11.0. The molecule has 0 radical (unpaired) electrons. The van der Waals surface area contributed by atoms with Gasteiger partial charge in [0, 0.05) is 13.1 Å². The van der Waals surface area contributed by atoms with Gasteiger partial charge in [-0.25, -0.2) is 9.97 Å². The van der Waals surface area contributed by atoms with E-state index in [-0.39, 0.29) is 0 Å². The molecule has 88 valence electrons. The molecule has 2 rings (SSSR count). The number of methoxy groups -OCH3 is 1. The first-order chi connectivity index (χ1) is 7.85. The summed E-state index contributed by atoms with van der Waals surface area (Å²) in [5.74, 6) is 2.20. The molecule has 0 saturated heterocycles. The Hall–Kier alpha value is -1.52. The zero-order valence-corrected chi connectivity index (χ0v) is 9.79. The van der Waals surface area contributed by atoms with Gasteiger partial charge in [0.25, 0.3) is 0 Å². The molecule has 0 unspecified atom stereocenters. The first-order valence-electron chi connectivity index (χ1n) is 5.68. The van der Waals surface area contributed by atoms with Crippen LogP contribution in [0.1, 0.15) is 25.7 Å². The van der Waals surface area contributed by atoms with Crippen LogP contribution in [0, 0.1) is 0 Å². The summed E-state index contributed by atoms with van der Waals surface area (Å²) in [6.07, 6.45) is 6.56. The van der Waals surface area contributed by atoms with Crippen LogP contribution < -0.4 is 15.4 Å². The summed E-state index contributed by atoms with van der Waals surface area (Å²) >= 11 is 0. The zero-order chi connectivity index (χ0) is 11.4. The standard InChI is InChI=1S/C11H18N4O/c1-12-10-9(16-2)11(14-7-13-10)15-8-5-3-4-6-8/h7-8H,3-6H2,1-2H3,(H2,12,13,14,15). The van der Waals surface area contributed by atoms with Crippen LogP contribution in [0.2, 0.25) is 0 Å². The summed E-state index contributed by atoms with van der Waals surface area (Å²) in [5, 5.41) is 6.41. The largest absolute Gasteiger partial charge is 0.490 e. The highest BCUT2D eigenvalue weighted by Crippen LogP contribution is 2.31. The van der Waals surface area contributed by atoms with Crippen molar-refractivity contribution in [1.29, 1.82) is 0 Å². The number of nitrogens with one attached hydrogen (secondary N) is 2. The molecule has 5 heteroatoms. The van der Waals surface area contributed by atoms with Crippen molar-refractivity contribution in [3.63, 3.8) is 0 Å². The van der Waals surface area contributed by atoms with E-state index in [9.17, 15) is 0 Å². The molecule has 1 aromatic rings. The minimum atomic E-state index is 0.522. The lowest BCUT2D eigenvalue weighted by molar-refractivity contribution is 0.414. The number of ether oxygens (including phenoxy) is 1. The Bertz CT molecular complexity index is 350. The number of nitrogens with zero attached hydrogens (tertiary/aromatic N) is 2. The highest BCUT2D eigenvalue weighted by molar-refractivity contribution is 5.63. The topological polar surface area (TPSA) is 59.1 Å². The quantitative estimate of drug-likeness (QED) is 0.814. The fourth-order valence-electron chi connectivity index (χ4n) is 2.11. The Morgan fingerprint density at radius 3 is 2.56 bits per heavy atom. The minimum Gasteiger partial charge on any atom is -0.490 e. The maximum atomic E-state index is 5.33. The van der Waals surface area contributed by atoms with Crippen molar-refractivity contribution in [2.75, 3.05) is 24.8 Å². The molecule has 1 fully saturated rings. The average molecular weight is 222 g/mol. The summed E-state index contributed by atoms with van der Waals surface area (Å²) < 4.78 is 5.33. The molecule has 1 aliphatic carbocycles. The second kappa shape index (κ2) is 5.01. The molecule has 5 nitrogen and oxygen atoms in total. The van der Waals surface area contributed by atoms with Crippen molar-refractivity contribution in [2.24, 2.45) is 0 Å². The summed E-state index contributed by atoms with van der Waals surface area (Å²) in [4.78, 5) is 8.35. The van der Waals surface area contributed by atoms with Crippen LogP contribution in [0.4, 0.5) is 11.6 Å². The van der Waals surface area contributed by atoms with E-state index >= 15 is 0 Å². The van der Waals surface area contributed by atoms with Crippen molar-refractivity contribution >= 4 is 11.6 Å². The van der Waals surface area contributed by atoms with Crippen molar-refractivity contribution < 1.29 is 4.74 Å². The van der Waals surface area contributed by atoms with E-state index in [0.717, 1.165) is 11.6 Å². The van der Waals surface area contributed by atoms with Gasteiger partial charge in [-0.3, -0.25) is 0 Å². The molecular weight excluding hydrogens is 204 g/mol. The molecule has 1 aromatic heterocycles. The van der Waals surface area contributed by atoms with Gasteiger partial charge >= 0.3 is 0 Å². The smallest absolute Gasteiger partial charge is 0.204 e. The number of hydrogen-bond donors (Lipinski definition) is 2. The van der Waals surface area contributed by atoms with E-state index in [1.165, 1.54) is 25.7 Å². The number of rotatable bonds is 4. The van der Waals surface area contributed by atoms with Crippen LogP contribution in [0.3, 0.4) is 0 Å². The van der Waals surface area contributed by atoms with Gasteiger partial charge in [-0.05, 0) is 12.8 Å². The Morgan fingerprint density at radius 1 is 1.25 bits per heavy atom. The molecule has 0 bridgehead atoms. The maximum absolute atomic E-state index is 5.33. The van der Waals surface area contributed by atoms with E-state index in [1.54, 1.807) is 13.4 Å². The number of hydrogen-bond acceptors (Lipinski definition) is 5. The second-order valence-electron chi connectivity index (χ2n) is 3.98. The molecule has 0 atom stereocenters. The molecule has 0 aromatic carbocycles. The van der Waals surface area contributed by atoms with Crippen LogP contribution in [0.5, 0.6) is 5.75 Å². The van der Waals surface area contributed by atoms with E-state index in [1.807, 2.05) is 7.05 Å². The molecular formula is C11H18N4O. The molecule has 0 spiro atoms. The minimum absolute atomic E-state index is 0.522. The maximum Gasteiger partial charge on any atom is 0.204 e. The van der Waals surface area contributed by atoms with Gasteiger partial charge in [-0.2, -0.15) is 0 Å². The van der Waals surface area contributed by atoms with Gasteiger partial charge in [-0.15, -0.1) is 0 Å². The highest BCUT2D eigenvalue weighted by atomic mass is 16.5. The molecule has 1 saturated carbocycles. The van der Waals surface area contributed by atoms with Crippen molar-refractivity contribution in [3.8, 4) is 5.75 Å². The third kappa shape index (κ3) is 2.18. The van der Waals surface area contributed by atoms with Crippen LogP contribution in [0.15, 0.2) is 6.33 Å². The van der Waals surface area contributed by atoms with Crippen LogP contribution in [-0.2, 0) is 0 Å². The van der Waals surface area contributed by atoms with Crippen molar-refractivity contribution in [3.05, 3.63) is 6.33 Å². The van der Waals surface area contributed by atoms with Gasteiger partial charge < -0.3 is 15.4 Å². The monoisotopic (exact) mass is 222 g/mol. The van der Waals surface area contributed by atoms with Gasteiger partial charge in [0.2, 0.25) is 5.75 Å². The summed E-state index contributed by atoms with van der Waals surface area (Å²) in [6.45, 7) is 0. The lowest BCUT2D eigenvalue weighted by Crippen LogP contribution is -2.16. The fourth-order valence-corrected chi connectivity index (χ4v) is 2.11. The predicted octanol–water partition coefficient (Wildman–Crippen LogP) is 1.88. The van der Waals surface area contributed by atoms with Gasteiger partial charge in [0.05, 0.1) is 7.11 Å². The molecule has 16 heavy (non-hydrogen) atoms. The highest BCUT2D eigenvalue weighted by Gasteiger charge is 2.18. The Labute approximate surface area is 95.6 Å². The van der Waals surface area contributed by atoms with Gasteiger partial charge in [0.1, 0.15) is 6.33 Å². The van der Waals surface area contributed by atoms with Crippen LogP contribution >= 0.6 is 0 Å². The molecule has 1 heterocycles. The lowest BCUT2D eigenvalue weighted by Gasteiger charge is -2.16. The Kier molecular flexibility index (Phi) is 3.44. The van der Waals surface area contributed by atoms with Crippen LogP contribution in [0.25, 0.3) is 0 Å². The zero-order valence-electron chi connectivity index (χ0n) is 9.79. The third-order valence-electron chi connectivity index (χ3n) is 2.94. The summed E-state index contributed by atoms with van der Waals surface area (Å²) in [6, 6.07) is 0.522. The van der Waals surface area contributed by atoms with E-state index in [4.69, 9.17) is 4.74 Å². The van der Waals surface area contributed by atoms with Crippen LogP contribution in [-0.4, -0.2) is 30.2 Å². The number of anilines is 2. The van der Waals surface area contributed by atoms with E-state index in [0.29, 0.717) is 11.8 Å². The summed E-state index contributed by atoms with van der Waals surface area (Å²) in [5.41, 5.74) is 0. The second-order valence-corrected chi connectivity index (χ2v) is 3.98. The van der Waals surface area contributed by atoms with Crippen molar-refractivity contribution in [2.45, 2.75) is 31.7 Å². The predicted molar refractivity (Wildman–Crippen MR) is 64.0 cm³/mol. The van der Waals surface area contributed by atoms with Crippen molar-refractivity contribution in [1.82, 2.24) is 9.97 Å². The third-order valence-corrected chi connectivity index (χ3v) is 2.94. The van der Waals surface area contributed by atoms with Gasteiger partial charge in [-0.1, -0.05) is 12.8 Å². The molecule has 0 aliphatic heterocycles. The molecule has 0 amide bonds. The average Bonchev–Trinajstić information content (AvgIpc) is 2.81. The number of aromatic nitrogens is 2. The Balaban J connectivity index is 2.18. The fraction of sp³-hybridized carbons (Fsp3) is 0.636.